The topological polar surface area (TPSA) is 59.2 Å². The Balaban J connectivity index is 2.14. The fourth-order valence-electron chi connectivity index (χ4n) is 1.57. The Labute approximate surface area is 129 Å². The highest BCUT2D eigenvalue weighted by Crippen LogP contribution is 2.30. The summed E-state index contributed by atoms with van der Waals surface area (Å²) in [5.41, 5.74) is 0.832. The van der Waals surface area contributed by atoms with E-state index in [9.17, 15) is 4.79 Å². The second kappa shape index (κ2) is 6.41. The van der Waals surface area contributed by atoms with Gasteiger partial charge in [-0.15, -0.1) is 10.2 Å². The Bertz CT molecular complexity index is 615. The number of aromatic nitrogens is 2. The molecule has 1 heterocycles. The van der Waals surface area contributed by atoms with Crippen LogP contribution in [0.5, 0.6) is 0 Å². The molecule has 0 aliphatic carbocycles. The van der Waals surface area contributed by atoms with E-state index in [0.717, 1.165) is 10.0 Å². The van der Waals surface area contributed by atoms with E-state index in [2.05, 4.69) is 26.1 Å². The molecule has 1 aromatic heterocycles. The molecule has 0 N–H and O–H groups in total. The van der Waals surface area contributed by atoms with Crippen molar-refractivity contribution in [2.45, 2.75) is 17.4 Å². The van der Waals surface area contributed by atoms with Gasteiger partial charge in [0.25, 0.3) is 5.22 Å². The summed E-state index contributed by atoms with van der Waals surface area (Å²) in [6.45, 7) is 1.81. The second-order valence-electron chi connectivity index (χ2n) is 4.35. The molecule has 0 saturated heterocycles. The third-order valence-corrected chi connectivity index (χ3v) is 4.19. The fraction of sp³-hybridized carbons (Fsp3) is 0.308. The second-order valence-corrected chi connectivity index (χ2v) is 6.49. The standard InChI is InChI=1S/C13H14BrN3O2S/c1-8(12(18)17(2)3)20-13-16-15-11(19-13)9-6-4-5-7-10(9)14/h4-8H,1-3H3/t8-/m0/s1. The van der Waals surface area contributed by atoms with E-state index in [-0.39, 0.29) is 11.2 Å². The van der Waals surface area contributed by atoms with Crippen LogP contribution in [-0.4, -0.2) is 40.3 Å². The van der Waals surface area contributed by atoms with Crippen molar-refractivity contribution in [3.05, 3.63) is 28.7 Å². The maximum atomic E-state index is 11.8. The van der Waals surface area contributed by atoms with Gasteiger partial charge in [-0.3, -0.25) is 4.79 Å². The van der Waals surface area contributed by atoms with E-state index < -0.39 is 0 Å². The quantitative estimate of drug-likeness (QED) is 0.788. The van der Waals surface area contributed by atoms with Crippen LogP contribution < -0.4 is 0 Å². The maximum absolute atomic E-state index is 11.8. The largest absolute Gasteiger partial charge is 0.411 e. The van der Waals surface area contributed by atoms with Crippen molar-refractivity contribution in [1.29, 1.82) is 0 Å². The molecule has 1 aromatic carbocycles. The summed E-state index contributed by atoms with van der Waals surface area (Å²) in [6, 6.07) is 7.61. The number of amides is 1. The first-order valence-electron chi connectivity index (χ1n) is 5.95. The molecule has 7 heteroatoms. The molecular weight excluding hydrogens is 342 g/mol. The predicted molar refractivity (Wildman–Crippen MR) is 81.4 cm³/mol. The van der Waals surface area contributed by atoms with Gasteiger partial charge >= 0.3 is 0 Å². The first-order chi connectivity index (χ1) is 9.49. The van der Waals surface area contributed by atoms with Gasteiger partial charge in [-0.25, -0.2) is 0 Å². The molecule has 0 unspecified atom stereocenters. The Morgan fingerprint density at radius 2 is 2.05 bits per heavy atom. The average Bonchev–Trinajstić information content (AvgIpc) is 2.86. The molecular formula is C13H14BrN3O2S. The van der Waals surface area contributed by atoms with Crippen LogP contribution in [0.1, 0.15) is 6.92 Å². The number of carbonyl (C=O) groups excluding carboxylic acids is 1. The fourth-order valence-corrected chi connectivity index (χ4v) is 2.85. The van der Waals surface area contributed by atoms with Gasteiger partial charge in [-0.05, 0) is 35.0 Å². The molecule has 0 saturated carbocycles. The number of thioether (sulfide) groups is 1. The molecule has 2 aromatic rings. The van der Waals surface area contributed by atoms with Crippen molar-refractivity contribution in [1.82, 2.24) is 15.1 Å². The van der Waals surface area contributed by atoms with Crippen LogP contribution in [0, 0.1) is 0 Å². The maximum Gasteiger partial charge on any atom is 0.277 e. The van der Waals surface area contributed by atoms with E-state index in [0.29, 0.717) is 11.1 Å². The van der Waals surface area contributed by atoms with Crippen LogP contribution in [0.4, 0.5) is 0 Å². The van der Waals surface area contributed by atoms with Crippen LogP contribution in [0.15, 0.2) is 38.4 Å². The van der Waals surface area contributed by atoms with Gasteiger partial charge in [0.1, 0.15) is 0 Å². The summed E-state index contributed by atoms with van der Waals surface area (Å²) >= 11 is 4.69. The molecule has 0 bridgehead atoms. The Morgan fingerprint density at radius 1 is 1.35 bits per heavy atom. The minimum atomic E-state index is -0.266. The number of benzene rings is 1. The van der Waals surface area contributed by atoms with Crippen LogP contribution in [0.25, 0.3) is 11.5 Å². The highest BCUT2D eigenvalue weighted by molar-refractivity contribution is 9.10. The smallest absolute Gasteiger partial charge is 0.277 e. The van der Waals surface area contributed by atoms with Crippen molar-refractivity contribution >= 4 is 33.6 Å². The SMILES string of the molecule is C[C@H](Sc1nnc(-c2ccccc2Br)o1)C(=O)N(C)C. The zero-order valence-electron chi connectivity index (χ0n) is 11.3. The van der Waals surface area contributed by atoms with E-state index >= 15 is 0 Å². The number of carbonyl (C=O) groups is 1. The summed E-state index contributed by atoms with van der Waals surface area (Å²) in [5.74, 6) is 0.445. The summed E-state index contributed by atoms with van der Waals surface area (Å²) in [4.78, 5) is 13.3. The Hall–Kier alpha value is -1.34. The van der Waals surface area contributed by atoms with Crippen molar-refractivity contribution < 1.29 is 9.21 Å². The van der Waals surface area contributed by atoms with Gasteiger partial charge in [-0.2, -0.15) is 0 Å². The van der Waals surface area contributed by atoms with Crippen molar-refractivity contribution in [3.8, 4) is 11.5 Å². The van der Waals surface area contributed by atoms with E-state index in [1.807, 2.05) is 31.2 Å². The van der Waals surface area contributed by atoms with E-state index in [1.54, 1.807) is 19.0 Å². The number of hydrogen-bond acceptors (Lipinski definition) is 5. The summed E-state index contributed by atoms with van der Waals surface area (Å²) in [5, 5.41) is 8.10. The zero-order chi connectivity index (χ0) is 14.7. The summed E-state index contributed by atoms with van der Waals surface area (Å²) < 4.78 is 6.48. The molecule has 0 radical (unpaired) electrons. The highest BCUT2D eigenvalue weighted by atomic mass is 79.9. The molecule has 0 aliphatic heterocycles. The molecule has 1 atom stereocenters. The molecule has 0 spiro atoms. The van der Waals surface area contributed by atoms with Gasteiger partial charge in [0.2, 0.25) is 11.8 Å². The van der Waals surface area contributed by atoms with Gasteiger partial charge < -0.3 is 9.32 Å². The normalized spacial score (nSPS) is 12.2. The van der Waals surface area contributed by atoms with Crippen LogP contribution in [-0.2, 0) is 4.79 Å². The summed E-state index contributed by atoms with van der Waals surface area (Å²) in [6.07, 6.45) is 0. The minimum Gasteiger partial charge on any atom is -0.411 e. The minimum absolute atomic E-state index is 0.00985. The van der Waals surface area contributed by atoms with Gasteiger partial charge in [-0.1, -0.05) is 23.9 Å². The number of nitrogens with zero attached hydrogens (tertiary/aromatic N) is 3. The lowest BCUT2D eigenvalue weighted by Crippen LogP contribution is -2.29. The zero-order valence-corrected chi connectivity index (χ0v) is 13.7. The van der Waals surface area contributed by atoms with Crippen molar-refractivity contribution in [3.63, 3.8) is 0 Å². The number of rotatable bonds is 4. The molecule has 0 fully saturated rings. The average molecular weight is 356 g/mol. The third-order valence-electron chi connectivity index (χ3n) is 2.58. The van der Waals surface area contributed by atoms with E-state index in [4.69, 9.17) is 4.42 Å². The number of hydrogen-bond donors (Lipinski definition) is 0. The van der Waals surface area contributed by atoms with Crippen LogP contribution in [0.2, 0.25) is 0 Å². The molecule has 5 nitrogen and oxygen atoms in total. The Kier molecular flexibility index (Phi) is 4.82. The van der Waals surface area contributed by atoms with Crippen LogP contribution in [0.3, 0.4) is 0 Å². The lowest BCUT2D eigenvalue weighted by atomic mass is 10.2. The number of halogens is 1. The first kappa shape index (κ1) is 15.1. The molecule has 0 aliphatic rings. The van der Waals surface area contributed by atoms with Gasteiger partial charge in [0, 0.05) is 18.6 Å². The molecule has 20 heavy (non-hydrogen) atoms. The lowest BCUT2D eigenvalue weighted by Gasteiger charge is -2.14. The van der Waals surface area contributed by atoms with Crippen molar-refractivity contribution in [2.75, 3.05) is 14.1 Å². The van der Waals surface area contributed by atoms with Crippen LogP contribution >= 0.6 is 27.7 Å². The van der Waals surface area contributed by atoms with E-state index in [1.165, 1.54) is 11.8 Å². The lowest BCUT2D eigenvalue weighted by molar-refractivity contribution is -0.127. The molecule has 1 amide bonds. The molecule has 106 valence electrons. The first-order valence-corrected chi connectivity index (χ1v) is 7.62. The van der Waals surface area contributed by atoms with Gasteiger partial charge in [0.15, 0.2) is 0 Å². The van der Waals surface area contributed by atoms with Gasteiger partial charge in [0.05, 0.1) is 10.8 Å². The Morgan fingerprint density at radius 3 is 2.70 bits per heavy atom. The highest BCUT2D eigenvalue weighted by Gasteiger charge is 2.20. The summed E-state index contributed by atoms with van der Waals surface area (Å²) in [7, 11) is 3.44. The third kappa shape index (κ3) is 3.40. The molecule has 2 rings (SSSR count). The monoisotopic (exact) mass is 355 g/mol. The predicted octanol–water partition coefficient (Wildman–Crippen LogP) is 3.07. The van der Waals surface area contributed by atoms with Crippen molar-refractivity contribution in [2.24, 2.45) is 0 Å².